The molecule has 1 atom stereocenters. The van der Waals surface area contributed by atoms with Crippen molar-refractivity contribution in [3.63, 3.8) is 0 Å². The molecule has 0 bridgehead atoms. The average Bonchev–Trinajstić information content (AvgIpc) is 3.19. The molecule has 0 spiro atoms. The van der Waals surface area contributed by atoms with Crippen LogP contribution in [0.15, 0.2) is 65.8 Å². The summed E-state index contributed by atoms with van der Waals surface area (Å²) in [5.74, 6) is -1.16. The van der Waals surface area contributed by atoms with Crippen molar-refractivity contribution in [3.8, 4) is 10.6 Å². The number of nitrogens with zero attached hydrogens (tertiary/aromatic N) is 2. The lowest BCUT2D eigenvalue weighted by Crippen LogP contribution is -2.45. The van der Waals surface area contributed by atoms with Crippen molar-refractivity contribution in [1.82, 2.24) is 20.0 Å². The summed E-state index contributed by atoms with van der Waals surface area (Å²) in [5, 5.41) is 15.4. The molecule has 0 aliphatic carbocycles. The molecule has 0 fully saturated rings. The molecule has 0 saturated heterocycles. The van der Waals surface area contributed by atoms with Crippen LogP contribution >= 0.6 is 22.9 Å². The van der Waals surface area contributed by atoms with Gasteiger partial charge >= 0.3 is 5.97 Å². The number of benzene rings is 2. The van der Waals surface area contributed by atoms with E-state index in [1.807, 2.05) is 19.1 Å². The number of pyridine rings is 1. The fraction of sp³-hybridized carbons (Fsp3) is 0.174. The lowest BCUT2D eigenvalue weighted by molar-refractivity contribution is -0.139. The normalized spacial score (nSPS) is 12.6. The lowest BCUT2D eigenvalue weighted by atomic mass is 10.1. The highest BCUT2D eigenvalue weighted by molar-refractivity contribution is 7.89. The number of aromatic nitrogens is 2. The largest absolute Gasteiger partial charge is 0.480 e. The molecule has 4 aromatic rings. The van der Waals surface area contributed by atoms with E-state index in [1.165, 1.54) is 23.5 Å². The number of hydrogen-bond acceptors (Lipinski definition) is 7. The predicted octanol–water partition coefficient (Wildman–Crippen LogP) is 3.84. The Morgan fingerprint density at radius 1 is 1.12 bits per heavy atom. The number of aliphatic carboxylic acids is 1. The first-order chi connectivity index (χ1) is 16.2. The van der Waals surface area contributed by atoms with E-state index in [4.69, 9.17) is 11.6 Å². The van der Waals surface area contributed by atoms with Gasteiger partial charge in [0, 0.05) is 40.9 Å². The standard InChI is InChI=1S/C23H21ClN4O4S2/c1-14-21(33-22(28-14)15-6-8-25-9-7-15)13-26-20(23(29)30)12-27-34(31,32)19-5-3-16-10-18(24)4-2-17(16)11-19/h2-11,20,26-27H,12-13H2,1H3,(H,29,30). The fourth-order valence-electron chi connectivity index (χ4n) is 3.31. The Morgan fingerprint density at radius 3 is 2.56 bits per heavy atom. The number of rotatable bonds is 9. The van der Waals surface area contributed by atoms with E-state index in [1.54, 1.807) is 36.7 Å². The van der Waals surface area contributed by atoms with Gasteiger partial charge in [0.1, 0.15) is 11.0 Å². The molecule has 3 N–H and O–H groups in total. The third-order valence-electron chi connectivity index (χ3n) is 5.19. The van der Waals surface area contributed by atoms with E-state index in [0.29, 0.717) is 10.4 Å². The predicted molar refractivity (Wildman–Crippen MR) is 132 cm³/mol. The summed E-state index contributed by atoms with van der Waals surface area (Å²) in [6.45, 7) is 1.78. The number of aryl methyl sites for hydroxylation is 1. The zero-order valence-electron chi connectivity index (χ0n) is 18.0. The Hall–Kier alpha value is -2.89. The molecule has 0 aliphatic heterocycles. The number of hydrogen-bond donors (Lipinski definition) is 3. The van der Waals surface area contributed by atoms with Crippen LogP contribution < -0.4 is 10.0 Å². The Kier molecular flexibility index (Phi) is 7.24. The second-order valence-corrected chi connectivity index (χ2v) is 10.8. The van der Waals surface area contributed by atoms with Gasteiger partial charge in [0.15, 0.2) is 0 Å². The molecule has 2 aromatic heterocycles. The molecule has 2 aromatic carbocycles. The van der Waals surface area contributed by atoms with Crippen molar-refractivity contribution >= 4 is 49.7 Å². The highest BCUT2D eigenvalue weighted by Gasteiger charge is 2.22. The first-order valence-corrected chi connectivity index (χ1v) is 12.9. The first-order valence-electron chi connectivity index (χ1n) is 10.2. The van der Waals surface area contributed by atoms with Crippen LogP contribution in [0.3, 0.4) is 0 Å². The third kappa shape index (κ3) is 5.60. The molecule has 2 heterocycles. The third-order valence-corrected chi connectivity index (χ3v) is 8.05. The number of carboxylic acids is 1. The number of fused-ring (bicyclic) bond motifs is 1. The molecule has 0 radical (unpaired) electrons. The van der Waals surface area contributed by atoms with Crippen LogP contribution in [0.1, 0.15) is 10.6 Å². The smallest absolute Gasteiger partial charge is 0.322 e. The van der Waals surface area contributed by atoms with Crippen LogP contribution in [0.2, 0.25) is 5.02 Å². The topological polar surface area (TPSA) is 121 Å². The van der Waals surface area contributed by atoms with E-state index in [2.05, 4.69) is 20.0 Å². The highest BCUT2D eigenvalue weighted by atomic mass is 35.5. The van der Waals surface area contributed by atoms with Gasteiger partial charge in [0.2, 0.25) is 10.0 Å². The minimum absolute atomic E-state index is 0.0479. The van der Waals surface area contributed by atoms with E-state index in [9.17, 15) is 18.3 Å². The molecule has 34 heavy (non-hydrogen) atoms. The van der Waals surface area contributed by atoms with Crippen molar-refractivity contribution in [2.75, 3.05) is 6.54 Å². The fourth-order valence-corrected chi connectivity index (χ4v) is 5.59. The summed E-state index contributed by atoms with van der Waals surface area (Å²) in [6.07, 6.45) is 3.36. The summed E-state index contributed by atoms with van der Waals surface area (Å²) in [4.78, 5) is 21.2. The highest BCUT2D eigenvalue weighted by Crippen LogP contribution is 2.27. The Morgan fingerprint density at radius 2 is 1.82 bits per heavy atom. The maximum Gasteiger partial charge on any atom is 0.322 e. The second-order valence-electron chi connectivity index (χ2n) is 7.54. The first kappa shape index (κ1) is 24.2. The molecule has 8 nitrogen and oxygen atoms in total. The number of carbonyl (C=O) groups is 1. The number of halogens is 1. The molecular formula is C23H21ClN4O4S2. The van der Waals surface area contributed by atoms with Gasteiger partial charge in [0.05, 0.1) is 10.6 Å². The molecule has 1 unspecified atom stereocenters. The quantitative estimate of drug-likeness (QED) is 0.309. The van der Waals surface area contributed by atoms with Crippen LogP contribution in [0.25, 0.3) is 21.3 Å². The number of nitrogens with one attached hydrogen (secondary N) is 2. The van der Waals surface area contributed by atoms with E-state index in [-0.39, 0.29) is 18.0 Å². The summed E-state index contributed by atoms with van der Waals surface area (Å²) in [7, 11) is -3.92. The Bertz CT molecular complexity index is 1440. The van der Waals surface area contributed by atoms with E-state index in [0.717, 1.165) is 26.5 Å². The Labute approximate surface area is 205 Å². The van der Waals surface area contributed by atoms with Gasteiger partial charge in [0.25, 0.3) is 0 Å². The zero-order valence-corrected chi connectivity index (χ0v) is 20.4. The monoisotopic (exact) mass is 516 g/mol. The van der Waals surface area contributed by atoms with Gasteiger partial charge < -0.3 is 5.11 Å². The van der Waals surface area contributed by atoms with Gasteiger partial charge in [-0.15, -0.1) is 11.3 Å². The average molecular weight is 517 g/mol. The van der Waals surface area contributed by atoms with Crippen molar-refractivity contribution in [1.29, 1.82) is 0 Å². The molecule has 11 heteroatoms. The minimum Gasteiger partial charge on any atom is -0.480 e. The number of carboxylic acid groups (broad SMARTS) is 1. The van der Waals surface area contributed by atoms with Crippen molar-refractivity contribution < 1.29 is 18.3 Å². The van der Waals surface area contributed by atoms with Crippen molar-refractivity contribution in [2.45, 2.75) is 24.4 Å². The summed E-state index contributed by atoms with van der Waals surface area (Å²) in [6, 6.07) is 12.4. The molecule has 4 rings (SSSR count). The molecule has 0 aliphatic rings. The summed E-state index contributed by atoms with van der Waals surface area (Å²) in [5.41, 5.74) is 1.71. The summed E-state index contributed by atoms with van der Waals surface area (Å²) < 4.78 is 28.0. The SMILES string of the molecule is Cc1nc(-c2ccncc2)sc1CNC(CNS(=O)(=O)c1ccc2cc(Cl)ccc2c1)C(=O)O. The van der Waals surface area contributed by atoms with Gasteiger partial charge in [-0.05, 0) is 54.1 Å². The van der Waals surface area contributed by atoms with Gasteiger partial charge in [-0.3, -0.25) is 15.1 Å². The Balaban J connectivity index is 1.43. The maximum absolute atomic E-state index is 12.8. The van der Waals surface area contributed by atoms with Crippen LogP contribution in [0.5, 0.6) is 0 Å². The van der Waals surface area contributed by atoms with Crippen molar-refractivity contribution in [2.24, 2.45) is 0 Å². The minimum atomic E-state index is -3.92. The zero-order chi connectivity index (χ0) is 24.3. The van der Waals surface area contributed by atoms with Gasteiger partial charge in [-0.25, -0.2) is 18.1 Å². The molecule has 0 amide bonds. The number of sulfonamides is 1. The summed E-state index contributed by atoms with van der Waals surface area (Å²) >= 11 is 7.43. The van der Waals surface area contributed by atoms with E-state index >= 15 is 0 Å². The lowest BCUT2D eigenvalue weighted by Gasteiger charge is -2.15. The maximum atomic E-state index is 12.8. The molecule has 0 saturated carbocycles. The van der Waals surface area contributed by atoms with Crippen LogP contribution in [0, 0.1) is 6.92 Å². The van der Waals surface area contributed by atoms with Gasteiger partial charge in [-0.1, -0.05) is 23.7 Å². The second kappa shape index (κ2) is 10.2. The number of thiazole rings is 1. The van der Waals surface area contributed by atoms with Crippen LogP contribution in [-0.4, -0.2) is 42.0 Å². The van der Waals surface area contributed by atoms with Gasteiger partial charge in [-0.2, -0.15) is 0 Å². The van der Waals surface area contributed by atoms with Crippen LogP contribution in [-0.2, 0) is 21.4 Å². The molecule has 176 valence electrons. The van der Waals surface area contributed by atoms with Crippen molar-refractivity contribution in [3.05, 3.63) is 76.5 Å². The molecular weight excluding hydrogens is 496 g/mol. The van der Waals surface area contributed by atoms with Crippen LogP contribution in [0.4, 0.5) is 0 Å². The van der Waals surface area contributed by atoms with E-state index < -0.39 is 22.0 Å².